The van der Waals surface area contributed by atoms with Crippen molar-refractivity contribution in [3.8, 4) is 0 Å². The van der Waals surface area contributed by atoms with Gasteiger partial charge in [-0.15, -0.1) is 0 Å². The third-order valence-electron chi connectivity index (χ3n) is 1.00. The van der Waals surface area contributed by atoms with Crippen LogP contribution in [0.1, 0.15) is 27.2 Å². The lowest BCUT2D eigenvalue weighted by molar-refractivity contribution is 0.382. The van der Waals surface area contributed by atoms with Gasteiger partial charge in [0.1, 0.15) is 0 Å². The van der Waals surface area contributed by atoms with Gasteiger partial charge in [-0.2, -0.15) is 0 Å². The summed E-state index contributed by atoms with van der Waals surface area (Å²) >= 11 is 6.99. The van der Waals surface area contributed by atoms with E-state index >= 15 is 0 Å². The molecule has 0 aliphatic heterocycles. The van der Waals surface area contributed by atoms with Crippen LogP contribution in [-0.4, -0.2) is 10.2 Å². The quantitative estimate of drug-likeness (QED) is 0.664. The third-order valence-corrected chi connectivity index (χ3v) is 3.30. The Morgan fingerprint density at radius 2 is 1.78 bits per heavy atom. The van der Waals surface area contributed by atoms with Gasteiger partial charge in [-0.25, -0.2) is 0 Å². The first-order chi connectivity index (χ1) is 3.95. The first kappa shape index (κ1) is 9.96. The molecule has 0 aromatic carbocycles. The van der Waals surface area contributed by atoms with E-state index < -0.39 is 0 Å². The summed E-state index contributed by atoms with van der Waals surface area (Å²) < 4.78 is 0. The van der Waals surface area contributed by atoms with Crippen molar-refractivity contribution in [2.24, 2.45) is 5.41 Å². The van der Waals surface area contributed by atoms with Gasteiger partial charge in [-0.05, 0) is 11.8 Å². The molecule has 0 amide bonds. The Hall–Kier alpha value is 0.960. The predicted molar refractivity (Wildman–Crippen MR) is 50.6 cm³/mol. The maximum atomic E-state index is 3.57. The van der Waals surface area contributed by atoms with Crippen LogP contribution in [0.5, 0.6) is 0 Å². The van der Waals surface area contributed by atoms with E-state index in [-0.39, 0.29) is 0 Å². The summed E-state index contributed by atoms with van der Waals surface area (Å²) in [6, 6.07) is 0. The summed E-state index contributed by atoms with van der Waals surface area (Å²) in [5.74, 6) is 0. The summed E-state index contributed by atoms with van der Waals surface area (Å²) in [6.07, 6.45) is 1.22. The minimum Gasteiger partial charge on any atom is -0.0916 e. The molecule has 0 N–H and O–H groups in total. The van der Waals surface area contributed by atoms with E-state index in [9.17, 15) is 0 Å². The van der Waals surface area contributed by atoms with Crippen molar-refractivity contribution in [2.45, 2.75) is 32.0 Å². The maximum Gasteiger partial charge on any atom is 0.0247 e. The molecule has 0 aliphatic carbocycles. The molecule has 0 saturated carbocycles. The summed E-state index contributed by atoms with van der Waals surface area (Å²) in [4.78, 5) is 0.623. The van der Waals surface area contributed by atoms with Crippen LogP contribution in [-0.2, 0) is 0 Å². The van der Waals surface area contributed by atoms with Crippen molar-refractivity contribution >= 4 is 31.9 Å². The second-order valence-electron chi connectivity index (χ2n) is 3.52. The van der Waals surface area contributed by atoms with Crippen LogP contribution in [0, 0.1) is 5.41 Å². The van der Waals surface area contributed by atoms with E-state index in [1.165, 1.54) is 6.42 Å². The lowest BCUT2D eigenvalue weighted by Gasteiger charge is -2.20. The minimum atomic E-state index is 0.446. The lowest BCUT2D eigenvalue weighted by atomic mass is 9.91. The van der Waals surface area contributed by atoms with Crippen LogP contribution in [0.3, 0.4) is 0 Å². The number of hydrogen-bond acceptors (Lipinski definition) is 0. The molecule has 0 radical (unpaired) electrons. The maximum absolute atomic E-state index is 3.57. The highest BCUT2D eigenvalue weighted by molar-refractivity contribution is 9.12. The van der Waals surface area contributed by atoms with Gasteiger partial charge in [0, 0.05) is 10.2 Å². The van der Waals surface area contributed by atoms with Crippen LogP contribution in [0.4, 0.5) is 0 Å². The number of rotatable bonds is 2. The highest BCUT2D eigenvalue weighted by Crippen LogP contribution is 2.25. The van der Waals surface area contributed by atoms with Gasteiger partial charge >= 0.3 is 0 Å². The fraction of sp³-hybridized carbons (Fsp3) is 1.00. The first-order valence-electron chi connectivity index (χ1n) is 3.16. The van der Waals surface area contributed by atoms with Crippen LogP contribution < -0.4 is 0 Å². The second-order valence-corrected chi connectivity index (χ2v) is 5.46. The van der Waals surface area contributed by atoms with Crippen molar-refractivity contribution in [3.05, 3.63) is 0 Å². The summed E-state index contributed by atoms with van der Waals surface area (Å²) in [6.45, 7) is 6.76. The van der Waals surface area contributed by atoms with Crippen LogP contribution in [0.15, 0.2) is 0 Å². The normalized spacial score (nSPS) is 15.7. The molecule has 1 unspecified atom stereocenters. The van der Waals surface area contributed by atoms with E-state index in [1.54, 1.807) is 0 Å². The zero-order valence-electron chi connectivity index (χ0n) is 6.25. The van der Waals surface area contributed by atoms with Crippen molar-refractivity contribution < 1.29 is 0 Å². The molecule has 2 heteroatoms. The van der Waals surface area contributed by atoms with Gasteiger partial charge in [0.05, 0.1) is 0 Å². The number of hydrogen-bond donors (Lipinski definition) is 0. The molecule has 0 heterocycles. The van der Waals surface area contributed by atoms with Gasteiger partial charge in [-0.1, -0.05) is 52.6 Å². The van der Waals surface area contributed by atoms with Crippen molar-refractivity contribution in [2.75, 3.05) is 5.33 Å². The fourth-order valence-corrected chi connectivity index (χ4v) is 1.92. The molecule has 1 atom stereocenters. The Kier molecular flexibility index (Phi) is 4.39. The van der Waals surface area contributed by atoms with Gasteiger partial charge in [-0.3, -0.25) is 0 Å². The smallest absolute Gasteiger partial charge is 0.0247 e. The van der Waals surface area contributed by atoms with Gasteiger partial charge in [0.15, 0.2) is 0 Å². The van der Waals surface area contributed by atoms with Crippen molar-refractivity contribution in [3.63, 3.8) is 0 Å². The molecule has 0 fully saturated rings. The van der Waals surface area contributed by atoms with Crippen LogP contribution in [0.2, 0.25) is 0 Å². The highest BCUT2D eigenvalue weighted by Gasteiger charge is 2.14. The Bertz CT molecular complexity index is 73.5. The van der Waals surface area contributed by atoms with E-state index in [0.717, 1.165) is 5.33 Å². The third kappa shape index (κ3) is 6.85. The minimum absolute atomic E-state index is 0.446. The molecule has 0 nitrogen and oxygen atoms in total. The molecule has 0 saturated heterocycles. The Labute approximate surface area is 74.7 Å². The Balaban J connectivity index is 3.47. The Morgan fingerprint density at radius 3 is 1.89 bits per heavy atom. The molecular weight excluding hydrogens is 244 g/mol. The standard InChI is InChI=1S/C7H14Br2/c1-7(2,3)4-6(9)5-8/h6H,4-5H2,1-3H3. The van der Waals surface area contributed by atoms with E-state index in [0.29, 0.717) is 10.2 Å². The zero-order valence-corrected chi connectivity index (χ0v) is 9.42. The van der Waals surface area contributed by atoms with Gasteiger partial charge < -0.3 is 0 Å². The fourth-order valence-electron chi connectivity index (χ4n) is 0.719. The SMILES string of the molecule is CC(C)(C)CC(Br)CBr. The second kappa shape index (κ2) is 3.97. The largest absolute Gasteiger partial charge is 0.0916 e. The molecule has 0 aromatic heterocycles. The van der Waals surface area contributed by atoms with E-state index in [2.05, 4.69) is 52.6 Å². The Morgan fingerprint density at radius 1 is 1.33 bits per heavy atom. The van der Waals surface area contributed by atoms with Crippen molar-refractivity contribution in [1.82, 2.24) is 0 Å². The van der Waals surface area contributed by atoms with E-state index in [1.807, 2.05) is 0 Å². The molecule has 0 bridgehead atoms. The molecule has 0 aromatic rings. The number of alkyl halides is 2. The summed E-state index contributed by atoms with van der Waals surface area (Å²) in [7, 11) is 0. The van der Waals surface area contributed by atoms with Crippen molar-refractivity contribution in [1.29, 1.82) is 0 Å². The molecular formula is C7H14Br2. The first-order valence-corrected chi connectivity index (χ1v) is 5.19. The lowest BCUT2D eigenvalue weighted by Crippen LogP contribution is -2.13. The summed E-state index contributed by atoms with van der Waals surface area (Å²) in [5.41, 5.74) is 0.446. The van der Waals surface area contributed by atoms with Gasteiger partial charge in [0.2, 0.25) is 0 Å². The predicted octanol–water partition coefficient (Wildman–Crippen LogP) is 3.58. The topological polar surface area (TPSA) is 0 Å². The molecule has 0 spiro atoms. The molecule has 56 valence electrons. The summed E-state index contributed by atoms with van der Waals surface area (Å²) in [5, 5.41) is 1.05. The average molecular weight is 258 g/mol. The van der Waals surface area contributed by atoms with Gasteiger partial charge in [0.25, 0.3) is 0 Å². The van der Waals surface area contributed by atoms with E-state index in [4.69, 9.17) is 0 Å². The molecule has 0 aliphatic rings. The molecule has 9 heavy (non-hydrogen) atoms. The van der Waals surface area contributed by atoms with Crippen LogP contribution >= 0.6 is 31.9 Å². The zero-order chi connectivity index (χ0) is 7.49. The highest BCUT2D eigenvalue weighted by atomic mass is 79.9. The van der Waals surface area contributed by atoms with Crippen LogP contribution in [0.25, 0.3) is 0 Å². The average Bonchev–Trinajstić information content (AvgIpc) is 1.62. The molecule has 0 rings (SSSR count). The number of halogens is 2. The monoisotopic (exact) mass is 256 g/mol.